The van der Waals surface area contributed by atoms with Crippen molar-refractivity contribution in [1.82, 2.24) is 9.97 Å². The molecule has 90 valence electrons. The number of nitrogens with zero attached hydrogens (tertiary/aromatic N) is 2. The van der Waals surface area contributed by atoms with Crippen LogP contribution in [0.15, 0.2) is 4.47 Å². The lowest BCUT2D eigenvalue weighted by atomic mass is 10.3. The Kier molecular flexibility index (Phi) is 4.99. The zero-order valence-electron chi connectivity index (χ0n) is 10.1. The van der Waals surface area contributed by atoms with E-state index in [4.69, 9.17) is 9.47 Å². The van der Waals surface area contributed by atoms with Gasteiger partial charge in [-0.3, -0.25) is 0 Å². The summed E-state index contributed by atoms with van der Waals surface area (Å²) in [6.07, 6.45) is 1.88. The van der Waals surface area contributed by atoms with Gasteiger partial charge in [-0.1, -0.05) is 6.92 Å². The highest BCUT2D eigenvalue weighted by Gasteiger charge is 2.14. The van der Waals surface area contributed by atoms with Crippen molar-refractivity contribution >= 4 is 15.9 Å². The van der Waals surface area contributed by atoms with E-state index in [1.807, 2.05) is 13.8 Å². The number of hydrogen-bond donors (Lipinski definition) is 0. The maximum Gasteiger partial charge on any atom is 0.235 e. The van der Waals surface area contributed by atoms with E-state index in [0.717, 1.165) is 18.7 Å². The van der Waals surface area contributed by atoms with Crippen LogP contribution in [-0.4, -0.2) is 23.2 Å². The molecular weight excluding hydrogens is 272 g/mol. The number of rotatable bonds is 5. The van der Waals surface area contributed by atoms with Crippen LogP contribution in [0.3, 0.4) is 0 Å². The molecule has 1 aromatic heterocycles. The fraction of sp³-hybridized carbons (Fsp3) is 0.636. The number of halogens is 1. The molecule has 0 aliphatic heterocycles. The Morgan fingerprint density at radius 2 is 1.88 bits per heavy atom. The summed E-state index contributed by atoms with van der Waals surface area (Å²) in [7, 11) is 1.59. The van der Waals surface area contributed by atoms with Crippen molar-refractivity contribution < 1.29 is 9.47 Å². The molecule has 0 saturated heterocycles. The zero-order chi connectivity index (χ0) is 12.1. The van der Waals surface area contributed by atoms with Crippen LogP contribution in [0.4, 0.5) is 0 Å². The standard InChI is InChI=1S/C11H17BrN2O2/c1-5-6-8-13-10(15-4)9(12)11(14-8)16-7(2)3/h7H,5-6H2,1-4H3. The van der Waals surface area contributed by atoms with E-state index in [1.165, 1.54) is 0 Å². The molecule has 4 nitrogen and oxygen atoms in total. The first kappa shape index (κ1) is 13.2. The SMILES string of the molecule is CCCc1nc(OC)c(Br)c(OC(C)C)n1. The summed E-state index contributed by atoms with van der Waals surface area (Å²) in [6.45, 7) is 6.00. The zero-order valence-corrected chi connectivity index (χ0v) is 11.7. The van der Waals surface area contributed by atoms with Gasteiger partial charge >= 0.3 is 0 Å². The Bertz CT molecular complexity index is 356. The quantitative estimate of drug-likeness (QED) is 0.836. The van der Waals surface area contributed by atoms with Gasteiger partial charge in [-0.2, -0.15) is 9.97 Å². The lowest BCUT2D eigenvalue weighted by molar-refractivity contribution is 0.227. The molecule has 0 aliphatic carbocycles. The van der Waals surface area contributed by atoms with Crippen LogP contribution in [0.1, 0.15) is 33.0 Å². The lowest BCUT2D eigenvalue weighted by Gasteiger charge is -2.13. The normalized spacial score (nSPS) is 10.6. The number of aryl methyl sites for hydroxylation is 1. The number of hydrogen-bond acceptors (Lipinski definition) is 4. The van der Waals surface area contributed by atoms with Crippen LogP contribution < -0.4 is 9.47 Å². The van der Waals surface area contributed by atoms with E-state index in [9.17, 15) is 0 Å². The van der Waals surface area contributed by atoms with Crippen molar-refractivity contribution in [3.63, 3.8) is 0 Å². The molecule has 0 amide bonds. The Morgan fingerprint density at radius 3 is 2.38 bits per heavy atom. The van der Waals surface area contributed by atoms with Gasteiger partial charge in [0.15, 0.2) is 0 Å². The Labute approximate surface area is 105 Å². The van der Waals surface area contributed by atoms with Crippen molar-refractivity contribution in [2.45, 2.75) is 39.7 Å². The highest BCUT2D eigenvalue weighted by Crippen LogP contribution is 2.31. The summed E-state index contributed by atoms with van der Waals surface area (Å²) >= 11 is 3.38. The minimum Gasteiger partial charge on any atom is -0.480 e. The topological polar surface area (TPSA) is 44.2 Å². The van der Waals surface area contributed by atoms with Gasteiger partial charge in [0.05, 0.1) is 13.2 Å². The van der Waals surface area contributed by atoms with Crippen molar-refractivity contribution in [1.29, 1.82) is 0 Å². The van der Waals surface area contributed by atoms with Gasteiger partial charge in [0.2, 0.25) is 11.8 Å². The minimum absolute atomic E-state index is 0.0744. The molecule has 16 heavy (non-hydrogen) atoms. The third kappa shape index (κ3) is 3.33. The summed E-state index contributed by atoms with van der Waals surface area (Å²) < 4.78 is 11.4. The summed E-state index contributed by atoms with van der Waals surface area (Å²) in [6, 6.07) is 0. The van der Waals surface area contributed by atoms with E-state index < -0.39 is 0 Å². The Morgan fingerprint density at radius 1 is 1.25 bits per heavy atom. The first-order valence-electron chi connectivity index (χ1n) is 5.35. The molecule has 0 saturated carbocycles. The van der Waals surface area contributed by atoms with Gasteiger partial charge in [0.1, 0.15) is 10.3 Å². The predicted molar refractivity (Wildman–Crippen MR) is 66.0 cm³/mol. The molecule has 0 radical (unpaired) electrons. The van der Waals surface area contributed by atoms with Crippen molar-refractivity contribution in [3.8, 4) is 11.8 Å². The van der Waals surface area contributed by atoms with Crippen molar-refractivity contribution in [2.75, 3.05) is 7.11 Å². The largest absolute Gasteiger partial charge is 0.480 e. The first-order chi connectivity index (χ1) is 7.58. The highest BCUT2D eigenvalue weighted by molar-refractivity contribution is 9.10. The second-order valence-corrected chi connectivity index (χ2v) is 4.48. The number of aromatic nitrogens is 2. The number of ether oxygens (including phenoxy) is 2. The fourth-order valence-electron chi connectivity index (χ4n) is 1.22. The summed E-state index contributed by atoms with van der Waals surface area (Å²) in [5, 5.41) is 0. The van der Waals surface area contributed by atoms with Crippen molar-refractivity contribution in [2.24, 2.45) is 0 Å². The third-order valence-electron chi connectivity index (χ3n) is 1.85. The molecule has 0 fully saturated rings. The van der Waals surface area contributed by atoms with Crippen LogP contribution in [-0.2, 0) is 6.42 Å². The van der Waals surface area contributed by atoms with Gasteiger partial charge < -0.3 is 9.47 Å². The fourth-order valence-corrected chi connectivity index (χ4v) is 1.65. The molecule has 5 heteroatoms. The van der Waals surface area contributed by atoms with Crippen LogP contribution in [0.25, 0.3) is 0 Å². The van der Waals surface area contributed by atoms with Gasteiger partial charge in [-0.25, -0.2) is 0 Å². The Balaban J connectivity index is 3.08. The second kappa shape index (κ2) is 6.03. The molecule has 0 aromatic carbocycles. The maximum absolute atomic E-state index is 5.60. The van der Waals surface area contributed by atoms with Crippen molar-refractivity contribution in [3.05, 3.63) is 10.3 Å². The lowest BCUT2D eigenvalue weighted by Crippen LogP contribution is -2.10. The summed E-state index contributed by atoms with van der Waals surface area (Å²) in [5.74, 6) is 1.82. The smallest absolute Gasteiger partial charge is 0.235 e. The molecular formula is C11H17BrN2O2. The molecule has 0 atom stereocenters. The van der Waals surface area contributed by atoms with Crippen LogP contribution in [0.5, 0.6) is 11.8 Å². The first-order valence-corrected chi connectivity index (χ1v) is 6.14. The molecule has 1 rings (SSSR count). The molecule has 0 aliphatic rings. The summed E-state index contributed by atoms with van der Waals surface area (Å²) in [5.41, 5.74) is 0. The van der Waals surface area contributed by atoms with Gasteiger partial charge in [0, 0.05) is 6.42 Å². The molecule has 0 bridgehead atoms. The predicted octanol–water partition coefficient (Wildman–Crippen LogP) is 2.99. The third-order valence-corrected chi connectivity index (χ3v) is 2.53. The average Bonchev–Trinajstić information content (AvgIpc) is 2.22. The van der Waals surface area contributed by atoms with E-state index in [0.29, 0.717) is 16.2 Å². The van der Waals surface area contributed by atoms with E-state index in [1.54, 1.807) is 7.11 Å². The van der Waals surface area contributed by atoms with E-state index >= 15 is 0 Å². The van der Waals surface area contributed by atoms with Crippen LogP contribution in [0.2, 0.25) is 0 Å². The van der Waals surface area contributed by atoms with Crippen LogP contribution >= 0.6 is 15.9 Å². The molecule has 0 N–H and O–H groups in total. The van der Waals surface area contributed by atoms with Crippen LogP contribution in [0, 0.1) is 0 Å². The minimum atomic E-state index is 0.0744. The second-order valence-electron chi connectivity index (χ2n) is 3.68. The molecule has 1 aromatic rings. The van der Waals surface area contributed by atoms with E-state index in [-0.39, 0.29) is 6.10 Å². The molecule has 0 spiro atoms. The van der Waals surface area contributed by atoms with Gasteiger partial charge in [0.25, 0.3) is 0 Å². The Hall–Kier alpha value is -0.840. The highest BCUT2D eigenvalue weighted by atomic mass is 79.9. The maximum atomic E-state index is 5.60. The van der Waals surface area contributed by atoms with E-state index in [2.05, 4.69) is 32.8 Å². The molecule has 1 heterocycles. The molecule has 0 unspecified atom stereocenters. The summed E-state index contributed by atoms with van der Waals surface area (Å²) in [4.78, 5) is 8.64. The van der Waals surface area contributed by atoms with Gasteiger partial charge in [-0.05, 0) is 36.2 Å². The van der Waals surface area contributed by atoms with Gasteiger partial charge in [-0.15, -0.1) is 0 Å². The number of methoxy groups -OCH3 is 1. The average molecular weight is 289 g/mol. The monoisotopic (exact) mass is 288 g/mol.